The van der Waals surface area contributed by atoms with Gasteiger partial charge in [0, 0.05) is 10.5 Å². The van der Waals surface area contributed by atoms with E-state index in [1.165, 1.54) is 14.0 Å². The van der Waals surface area contributed by atoms with E-state index < -0.39 is 23.6 Å². The number of ether oxygens (including phenoxy) is 1. The van der Waals surface area contributed by atoms with Gasteiger partial charge in [-0.15, -0.1) is 0 Å². The molecule has 0 aliphatic heterocycles. The first-order valence-corrected chi connectivity index (χ1v) is 5.24. The number of methoxy groups -OCH3 is 1. The Balaban J connectivity index is 2.93. The lowest BCUT2D eigenvalue weighted by molar-refractivity contribution is -0.141. The molecule has 1 aromatic carbocycles. The molecule has 0 spiro atoms. The molecule has 0 bridgehead atoms. The summed E-state index contributed by atoms with van der Waals surface area (Å²) in [7, 11) is 1.23. The fraction of sp³-hybridized carbons (Fsp3) is 0.300. The smallest absolute Gasteiger partial charge is 0.327 e. The first kappa shape index (κ1) is 12.9. The van der Waals surface area contributed by atoms with Crippen molar-refractivity contribution >= 4 is 27.6 Å². The van der Waals surface area contributed by atoms with Gasteiger partial charge in [-0.2, -0.15) is 0 Å². The molecule has 0 aliphatic rings. The highest BCUT2D eigenvalue weighted by Gasteiger charge is 2.17. The number of esters is 1. The fourth-order valence-electron chi connectivity index (χ4n) is 1.13. The number of nitrogens with one attached hydrogen (secondary N) is 1. The van der Waals surface area contributed by atoms with Crippen LogP contribution in [0.1, 0.15) is 6.92 Å². The summed E-state index contributed by atoms with van der Waals surface area (Å²) in [4.78, 5) is 11.1. The van der Waals surface area contributed by atoms with E-state index in [-0.39, 0.29) is 10.2 Å². The van der Waals surface area contributed by atoms with E-state index in [0.29, 0.717) is 0 Å². The fourth-order valence-corrected chi connectivity index (χ4v) is 1.65. The Labute approximate surface area is 99.9 Å². The van der Waals surface area contributed by atoms with E-state index in [2.05, 4.69) is 26.0 Å². The monoisotopic (exact) mass is 293 g/mol. The number of halogens is 3. The largest absolute Gasteiger partial charge is 0.467 e. The number of hydrogen-bond acceptors (Lipinski definition) is 3. The average Bonchev–Trinajstić information content (AvgIpc) is 2.21. The van der Waals surface area contributed by atoms with Gasteiger partial charge in [0.05, 0.1) is 12.8 Å². The molecule has 1 unspecified atom stereocenters. The van der Waals surface area contributed by atoms with Crippen molar-refractivity contribution in [3.63, 3.8) is 0 Å². The Morgan fingerprint density at radius 1 is 1.50 bits per heavy atom. The van der Waals surface area contributed by atoms with Crippen LogP contribution in [-0.2, 0) is 9.53 Å². The third kappa shape index (κ3) is 2.91. The van der Waals surface area contributed by atoms with Gasteiger partial charge >= 0.3 is 5.97 Å². The van der Waals surface area contributed by atoms with Crippen molar-refractivity contribution in [3.8, 4) is 0 Å². The van der Waals surface area contributed by atoms with E-state index in [1.807, 2.05) is 0 Å². The third-order valence-corrected chi connectivity index (χ3v) is 2.55. The van der Waals surface area contributed by atoms with E-state index in [9.17, 15) is 13.6 Å². The van der Waals surface area contributed by atoms with Gasteiger partial charge in [-0.25, -0.2) is 13.6 Å². The molecular weight excluding hydrogens is 284 g/mol. The van der Waals surface area contributed by atoms with Crippen LogP contribution < -0.4 is 5.32 Å². The minimum atomic E-state index is -0.775. The van der Waals surface area contributed by atoms with Crippen molar-refractivity contribution in [3.05, 3.63) is 28.2 Å². The van der Waals surface area contributed by atoms with Gasteiger partial charge in [0.1, 0.15) is 17.7 Å². The lowest BCUT2D eigenvalue weighted by atomic mass is 10.2. The van der Waals surface area contributed by atoms with Gasteiger partial charge in [-0.3, -0.25) is 0 Å². The SMILES string of the molecule is COC(=O)C(C)Nc1c(F)cc(F)cc1Br. The first-order valence-electron chi connectivity index (χ1n) is 4.44. The molecule has 16 heavy (non-hydrogen) atoms. The zero-order valence-electron chi connectivity index (χ0n) is 8.68. The molecule has 0 saturated carbocycles. The molecule has 0 aliphatic carbocycles. The number of rotatable bonds is 3. The molecule has 1 aromatic rings. The number of carbonyl (C=O) groups is 1. The second kappa shape index (κ2) is 5.25. The summed E-state index contributed by atoms with van der Waals surface area (Å²) < 4.78 is 30.8. The maximum Gasteiger partial charge on any atom is 0.327 e. The van der Waals surface area contributed by atoms with E-state index in [0.717, 1.165) is 12.1 Å². The van der Waals surface area contributed by atoms with Crippen LogP contribution in [0.4, 0.5) is 14.5 Å². The van der Waals surface area contributed by atoms with Crippen molar-refractivity contribution in [2.75, 3.05) is 12.4 Å². The average molecular weight is 294 g/mol. The predicted octanol–water partition coefficient (Wildman–Crippen LogP) is 2.70. The minimum absolute atomic E-state index is 0.0271. The van der Waals surface area contributed by atoms with Crippen molar-refractivity contribution in [1.82, 2.24) is 0 Å². The van der Waals surface area contributed by atoms with Crippen LogP contribution in [0.25, 0.3) is 0 Å². The van der Waals surface area contributed by atoms with E-state index in [1.54, 1.807) is 0 Å². The first-order chi connectivity index (χ1) is 7.45. The molecular formula is C10H10BrF2NO2. The van der Waals surface area contributed by atoms with Crippen LogP contribution in [-0.4, -0.2) is 19.1 Å². The maximum absolute atomic E-state index is 13.4. The molecule has 0 heterocycles. The van der Waals surface area contributed by atoms with Gasteiger partial charge in [-0.1, -0.05) is 0 Å². The summed E-state index contributed by atoms with van der Waals surface area (Å²) in [5.41, 5.74) is 0.0271. The van der Waals surface area contributed by atoms with Gasteiger partial charge in [0.25, 0.3) is 0 Å². The van der Waals surface area contributed by atoms with Crippen molar-refractivity contribution in [2.24, 2.45) is 0 Å². The van der Waals surface area contributed by atoms with Gasteiger partial charge < -0.3 is 10.1 Å². The molecule has 0 saturated heterocycles. The normalized spacial score (nSPS) is 12.1. The van der Waals surface area contributed by atoms with Crippen LogP contribution >= 0.6 is 15.9 Å². The van der Waals surface area contributed by atoms with Crippen molar-refractivity contribution in [1.29, 1.82) is 0 Å². The van der Waals surface area contributed by atoms with Crippen LogP contribution in [0.2, 0.25) is 0 Å². The summed E-state index contributed by atoms with van der Waals surface area (Å²) in [5, 5.41) is 2.59. The second-order valence-electron chi connectivity index (χ2n) is 3.13. The number of hydrogen-bond donors (Lipinski definition) is 1. The Kier molecular flexibility index (Phi) is 4.23. The van der Waals surface area contributed by atoms with Crippen molar-refractivity contribution in [2.45, 2.75) is 13.0 Å². The molecule has 0 radical (unpaired) electrons. The topological polar surface area (TPSA) is 38.3 Å². The highest BCUT2D eigenvalue weighted by Crippen LogP contribution is 2.27. The summed E-state index contributed by atoms with van der Waals surface area (Å²) in [6.07, 6.45) is 0. The number of carbonyl (C=O) groups excluding carboxylic acids is 1. The molecule has 6 heteroatoms. The minimum Gasteiger partial charge on any atom is -0.467 e. The van der Waals surface area contributed by atoms with Gasteiger partial charge in [0.2, 0.25) is 0 Å². The molecule has 0 aromatic heterocycles. The maximum atomic E-state index is 13.4. The molecule has 3 nitrogen and oxygen atoms in total. The summed E-state index contributed by atoms with van der Waals surface area (Å²) >= 11 is 3.00. The third-order valence-electron chi connectivity index (χ3n) is 1.92. The Morgan fingerprint density at radius 3 is 2.62 bits per heavy atom. The predicted molar refractivity (Wildman–Crippen MR) is 59.2 cm³/mol. The van der Waals surface area contributed by atoms with Crippen LogP contribution in [0.15, 0.2) is 16.6 Å². The number of anilines is 1. The number of benzene rings is 1. The zero-order valence-corrected chi connectivity index (χ0v) is 10.3. The molecule has 1 rings (SSSR count). The second-order valence-corrected chi connectivity index (χ2v) is 3.99. The highest BCUT2D eigenvalue weighted by atomic mass is 79.9. The standard InChI is InChI=1S/C10H10BrF2NO2/c1-5(10(15)16-2)14-9-7(11)3-6(12)4-8(9)13/h3-5,14H,1-2H3. The molecule has 1 atom stereocenters. The lowest BCUT2D eigenvalue weighted by Gasteiger charge is -2.14. The van der Waals surface area contributed by atoms with Crippen LogP contribution in [0.5, 0.6) is 0 Å². The highest BCUT2D eigenvalue weighted by molar-refractivity contribution is 9.10. The molecule has 0 fully saturated rings. The Morgan fingerprint density at radius 2 is 2.12 bits per heavy atom. The quantitative estimate of drug-likeness (QED) is 0.871. The summed E-state index contributed by atoms with van der Waals surface area (Å²) in [6, 6.07) is 1.12. The summed E-state index contributed by atoms with van der Waals surface area (Å²) in [5.74, 6) is -2.00. The Hall–Kier alpha value is -1.17. The van der Waals surface area contributed by atoms with Gasteiger partial charge in [0.15, 0.2) is 0 Å². The van der Waals surface area contributed by atoms with Crippen LogP contribution in [0.3, 0.4) is 0 Å². The Bertz CT molecular complexity index is 389. The van der Waals surface area contributed by atoms with Crippen molar-refractivity contribution < 1.29 is 18.3 Å². The van der Waals surface area contributed by atoms with Crippen LogP contribution in [0, 0.1) is 11.6 Å². The molecule has 1 N–H and O–H groups in total. The lowest BCUT2D eigenvalue weighted by Crippen LogP contribution is -2.27. The van der Waals surface area contributed by atoms with E-state index >= 15 is 0 Å². The summed E-state index contributed by atoms with van der Waals surface area (Å²) in [6.45, 7) is 1.51. The van der Waals surface area contributed by atoms with E-state index in [4.69, 9.17) is 0 Å². The zero-order chi connectivity index (χ0) is 12.3. The van der Waals surface area contributed by atoms with Gasteiger partial charge in [-0.05, 0) is 28.9 Å². The molecule has 0 amide bonds. The molecule has 88 valence electrons.